The Kier molecular flexibility index (Phi) is 5.88. The molecule has 1 aromatic carbocycles. The molecule has 2 rings (SSSR count). The van der Waals surface area contributed by atoms with Gasteiger partial charge in [0, 0.05) is 25.3 Å². The zero-order chi connectivity index (χ0) is 18.7. The molecule has 25 heavy (non-hydrogen) atoms. The number of anilines is 1. The van der Waals surface area contributed by atoms with Gasteiger partial charge in [-0.3, -0.25) is 9.59 Å². The van der Waals surface area contributed by atoms with Gasteiger partial charge in [0.1, 0.15) is 0 Å². The van der Waals surface area contributed by atoms with Gasteiger partial charge in [-0.25, -0.2) is 0 Å². The molecule has 1 amide bonds. The normalized spacial score (nSPS) is 17.6. The minimum Gasteiger partial charge on any atom is -0.503 e. The van der Waals surface area contributed by atoms with E-state index in [1.54, 1.807) is 4.90 Å². The predicted octanol–water partition coefficient (Wildman–Crippen LogP) is 3.47. The van der Waals surface area contributed by atoms with Crippen molar-refractivity contribution in [3.8, 4) is 0 Å². The van der Waals surface area contributed by atoms with Crippen molar-refractivity contribution in [2.45, 2.75) is 40.7 Å². The fourth-order valence-corrected chi connectivity index (χ4v) is 3.40. The monoisotopic (exact) mass is 344 g/mol. The molecule has 0 aromatic heterocycles. The van der Waals surface area contributed by atoms with Crippen molar-refractivity contribution in [3.63, 3.8) is 0 Å². The Labute approximate surface area is 149 Å². The number of aliphatic hydroxyl groups excluding tert-OH is 1. The van der Waals surface area contributed by atoms with Gasteiger partial charge >= 0.3 is 0 Å². The Balaban J connectivity index is 2.44. The van der Waals surface area contributed by atoms with Crippen LogP contribution in [0, 0.1) is 5.92 Å². The van der Waals surface area contributed by atoms with Crippen LogP contribution in [0.25, 0.3) is 0 Å². The van der Waals surface area contributed by atoms with E-state index in [0.29, 0.717) is 6.54 Å². The Morgan fingerprint density at radius 3 is 2.20 bits per heavy atom. The quantitative estimate of drug-likeness (QED) is 0.823. The molecule has 1 heterocycles. The van der Waals surface area contributed by atoms with Crippen LogP contribution in [-0.4, -0.2) is 41.3 Å². The first-order chi connectivity index (χ1) is 11.8. The van der Waals surface area contributed by atoms with Gasteiger partial charge in [0.15, 0.2) is 11.5 Å². The number of ketones is 1. The van der Waals surface area contributed by atoms with Crippen molar-refractivity contribution in [1.82, 2.24) is 4.90 Å². The van der Waals surface area contributed by atoms with Gasteiger partial charge in [0.25, 0.3) is 5.91 Å². The zero-order valence-electron chi connectivity index (χ0n) is 15.7. The van der Waals surface area contributed by atoms with Crippen LogP contribution in [0.1, 0.15) is 46.2 Å². The number of aliphatic hydroxyl groups is 1. The third kappa shape index (κ3) is 3.70. The van der Waals surface area contributed by atoms with Gasteiger partial charge in [-0.05, 0) is 44.4 Å². The van der Waals surface area contributed by atoms with Crippen molar-refractivity contribution in [2.75, 3.05) is 24.5 Å². The lowest BCUT2D eigenvalue weighted by Gasteiger charge is -2.29. The smallest absolute Gasteiger partial charge is 0.290 e. The van der Waals surface area contributed by atoms with E-state index in [9.17, 15) is 14.7 Å². The molecule has 5 heteroatoms. The number of hydrogen-bond donors (Lipinski definition) is 1. The topological polar surface area (TPSA) is 60.9 Å². The molecular weight excluding hydrogens is 316 g/mol. The van der Waals surface area contributed by atoms with Crippen LogP contribution in [0.5, 0.6) is 0 Å². The van der Waals surface area contributed by atoms with E-state index in [2.05, 4.69) is 18.7 Å². The predicted molar refractivity (Wildman–Crippen MR) is 99.6 cm³/mol. The average Bonchev–Trinajstić information content (AvgIpc) is 2.81. The van der Waals surface area contributed by atoms with Crippen molar-refractivity contribution in [3.05, 3.63) is 41.2 Å². The summed E-state index contributed by atoms with van der Waals surface area (Å²) in [7, 11) is 0. The fourth-order valence-electron chi connectivity index (χ4n) is 3.40. The molecule has 0 bridgehead atoms. The van der Waals surface area contributed by atoms with Crippen LogP contribution < -0.4 is 4.90 Å². The minimum atomic E-state index is -0.516. The highest BCUT2D eigenvalue weighted by molar-refractivity contribution is 6.08. The largest absolute Gasteiger partial charge is 0.503 e. The summed E-state index contributed by atoms with van der Waals surface area (Å²) in [6.45, 7) is 11.9. The van der Waals surface area contributed by atoms with E-state index in [1.165, 1.54) is 6.92 Å². The van der Waals surface area contributed by atoms with Gasteiger partial charge in [-0.1, -0.05) is 26.0 Å². The van der Waals surface area contributed by atoms with Crippen LogP contribution in [0.2, 0.25) is 0 Å². The lowest BCUT2D eigenvalue weighted by atomic mass is 9.96. The van der Waals surface area contributed by atoms with Gasteiger partial charge in [-0.15, -0.1) is 0 Å². The van der Waals surface area contributed by atoms with Crippen molar-refractivity contribution in [2.24, 2.45) is 5.92 Å². The van der Waals surface area contributed by atoms with Crippen LogP contribution >= 0.6 is 0 Å². The first kappa shape index (κ1) is 19.0. The third-order valence-corrected chi connectivity index (χ3v) is 4.58. The van der Waals surface area contributed by atoms with E-state index in [-0.39, 0.29) is 17.3 Å². The molecule has 0 fully saturated rings. The summed E-state index contributed by atoms with van der Waals surface area (Å²) in [4.78, 5) is 28.4. The number of amides is 1. The van der Waals surface area contributed by atoms with Gasteiger partial charge in [0.05, 0.1) is 11.6 Å². The lowest BCUT2D eigenvalue weighted by Crippen LogP contribution is -2.34. The van der Waals surface area contributed by atoms with Crippen LogP contribution in [-0.2, 0) is 9.59 Å². The number of nitrogens with zero attached hydrogens (tertiary/aromatic N) is 2. The molecule has 0 spiro atoms. The third-order valence-electron chi connectivity index (χ3n) is 4.58. The fraction of sp³-hybridized carbons (Fsp3) is 0.500. The van der Waals surface area contributed by atoms with E-state index in [1.807, 2.05) is 38.1 Å². The maximum atomic E-state index is 12.5. The second-order valence-electron chi connectivity index (χ2n) is 6.84. The molecule has 1 aliphatic heterocycles. The minimum absolute atomic E-state index is 0.196. The molecule has 1 aromatic rings. The maximum Gasteiger partial charge on any atom is 0.290 e. The Morgan fingerprint density at radius 1 is 1.20 bits per heavy atom. The standard InChI is InChI=1S/C20H28N2O3/c1-6-21(7-2)16-10-8-15(9-11-16)18-17(14(5)23)19(24)20(25)22(18)12-13(3)4/h8-11,13,18,24H,6-7,12H2,1-5H3. The van der Waals surface area contributed by atoms with E-state index in [0.717, 1.165) is 24.3 Å². The summed E-state index contributed by atoms with van der Waals surface area (Å²) < 4.78 is 0. The van der Waals surface area contributed by atoms with Gasteiger partial charge < -0.3 is 14.9 Å². The summed E-state index contributed by atoms with van der Waals surface area (Å²) in [6.07, 6.45) is 0. The van der Waals surface area contributed by atoms with Crippen LogP contribution in [0.4, 0.5) is 5.69 Å². The highest BCUT2D eigenvalue weighted by Crippen LogP contribution is 2.38. The van der Waals surface area contributed by atoms with Crippen LogP contribution in [0.15, 0.2) is 35.6 Å². The second-order valence-corrected chi connectivity index (χ2v) is 6.84. The van der Waals surface area contributed by atoms with Crippen molar-refractivity contribution < 1.29 is 14.7 Å². The number of carbonyl (C=O) groups is 2. The van der Waals surface area contributed by atoms with Crippen LogP contribution in [0.3, 0.4) is 0 Å². The van der Waals surface area contributed by atoms with Gasteiger partial charge in [0.2, 0.25) is 0 Å². The SMILES string of the molecule is CCN(CC)c1ccc(C2C(C(C)=O)=C(O)C(=O)N2CC(C)C)cc1. The van der Waals surface area contributed by atoms with E-state index in [4.69, 9.17) is 0 Å². The molecule has 0 saturated carbocycles. The molecular formula is C20H28N2O3. The highest BCUT2D eigenvalue weighted by atomic mass is 16.3. The molecule has 1 N–H and O–H groups in total. The molecule has 0 saturated heterocycles. The zero-order valence-corrected chi connectivity index (χ0v) is 15.7. The highest BCUT2D eigenvalue weighted by Gasteiger charge is 2.42. The molecule has 0 aliphatic carbocycles. The summed E-state index contributed by atoms with van der Waals surface area (Å²) >= 11 is 0. The summed E-state index contributed by atoms with van der Waals surface area (Å²) in [5.41, 5.74) is 2.14. The van der Waals surface area contributed by atoms with E-state index >= 15 is 0 Å². The maximum absolute atomic E-state index is 12.5. The Morgan fingerprint density at radius 2 is 1.76 bits per heavy atom. The summed E-state index contributed by atoms with van der Waals surface area (Å²) in [6, 6.07) is 7.39. The van der Waals surface area contributed by atoms with E-state index < -0.39 is 17.7 Å². The summed E-state index contributed by atoms with van der Waals surface area (Å²) in [5.74, 6) is -0.905. The Hall–Kier alpha value is -2.30. The molecule has 1 aliphatic rings. The molecule has 136 valence electrons. The number of rotatable bonds is 7. The second kappa shape index (κ2) is 7.72. The van der Waals surface area contributed by atoms with Crippen molar-refractivity contribution >= 4 is 17.4 Å². The molecule has 1 unspecified atom stereocenters. The number of hydrogen-bond acceptors (Lipinski definition) is 4. The lowest BCUT2D eigenvalue weighted by molar-refractivity contribution is -0.129. The van der Waals surface area contributed by atoms with Crippen molar-refractivity contribution in [1.29, 1.82) is 0 Å². The average molecular weight is 344 g/mol. The van der Waals surface area contributed by atoms with Gasteiger partial charge in [-0.2, -0.15) is 0 Å². The molecule has 0 radical (unpaired) electrons. The Bertz CT molecular complexity index is 673. The number of carbonyl (C=O) groups excluding carboxylic acids is 2. The number of Topliss-reactive ketones (excluding diaryl/α,β-unsaturated/α-hetero) is 1. The summed E-state index contributed by atoms with van der Waals surface area (Å²) in [5, 5.41) is 10.2. The number of benzene rings is 1. The first-order valence-corrected chi connectivity index (χ1v) is 8.91. The molecule has 5 nitrogen and oxygen atoms in total. The molecule has 1 atom stereocenters. The first-order valence-electron chi connectivity index (χ1n) is 8.91.